The predicted octanol–water partition coefficient (Wildman–Crippen LogP) is 4.86. The molecule has 3 aromatic carbocycles. The Balaban J connectivity index is 1.83. The van der Waals surface area contributed by atoms with Crippen molar-refractivity contribution in [3.63, 3.8) is 0 Å². The maximum Gasteiger partial charge on any atom is 0.219 e. The van der Waals surface area contributed by atoms with Gasteiger partial charge < -0.3 is 17.2 Å². The van der Waals surface area contributed by atoms with Crippen LogP contribution in [-0.2, 0) is 13.1 Å². The van der Waals surface area contributed by atoms with Gasteiger partial charge in [-0.2, -0.15) is 4.57 Å². The van der Waals surface area contributed by atoms with E-state index in [1.807, 2.05) is 36.7 Å². The molecule has 0 saturated carbocycles. The Morgan fingerprint density at radius 1 is 0.543 bits per heavy atom. The van der Waals surface area contributed by atoms with E-state index >= 15 is 0 Å². The molecular formula is C30H28N5+. The standard InChI is InChI=1S/C30H28N5/c31-19-21-1-5-24(6-2-21)29-17-26(23-13-15-34-16-14-23)18-30(25-7-3-22(20-32)4-8-25)35(29)28-11-9-27(33)10-12-28/h1-18H,19-20,31-33H2/q+1. The molecular weight excluding hydrogens is 430 g/mol. The van der Waals surface area contributed by atoms with Crippen LogP contribution in [0.25, 0.3) is 39.3 Å². The second-order valence-corrected chi connectivity index (χ2v) is 8.48. The summed E-state index contributed by atoms with van der Waals surface area (Å²) in [5.74, 6) is 0. The van der Waals surface area contributed by atoms with E-state index < -0.39 is 0 Å². The van der Waals surface area contributed by atoms with Crippen LogP contribution in [0.5, 0.6) is 0 Å². The monoisotopic (exact) mass is 458 g/mol. The molecule has 2 heterocycles. The van der Waals surface area contributed by atoms with Crippen LogP contribution >= 0.6 is 0 Å². The number of anilines is 1. The van der Waals surface area contributed by atoms with E-state index in [0.29, 0.717) is 13.1 Å². The number of aromatic nitrogens is 2. The first kappa shape index (κ1) is 22.5. The summed E-state index contributed by atoms with van der Waals surface area (Å²) in [6.07, 6.45) is 3.64. The molecule has 0 aliphatic heterocycles. The van der Waals surface area contributed by atoms with E-state index in [4.69, 9.17) is 17.2 Å². The molecule has 0 radical (unpaired) electrons. The van der Waals surface area contributed by atoms with Crippen LogP contribution in [0.1, 0.15) is 11.1 Å². The highest BCUT2D eigenvalue weighted by molar-refractivity contribution is 5.74. The van der Waals surface area contributed by atoms with Crippen molar-refractivity contribution in [3.05, 3.63) is 121 Å². The van der Waals surface area contributed by atoms with Gasteiger partial charge in [0.15, 0.2) is 0 Å². The van der Waals surface area contributed by atoms with E-state index in [-0.39, 0.29) is 0 Å². The molecule has 0 fully saturated rings. The van der Waals surface area contributed by atoms with Crippen molar-refractivity contribution < 1.29 is 4.57 Å². The highest BCUT2D eigenvalue weighted by atomic mass is 15.0. The Labute approximate surface area is 205 Å². The summed E-state index contributed by atoms with van der Waals surface area (Å²) < 4.78 is 2.28. The maximum atomic E-state index is 6.03. The molecule has 0 spiro atoms. The fourth-order valence-electron chi connectivity index (χ4n) is 4.26. The van der Waals surface area contributed by atoms with Gasteiger partial charge in [-0.25, -0.2) is 0 Å². The maximum absolute atomic E-state index is 6.03. The fourth-order valence-corrected chi connectivity index (χ4v) is 4.26. The Kier molecular flexibility index (Phi) is 6.35. The summed E-state index contributed by atoms with van der Waals surface area (Å²) in [6.45, 7) is 1.02. The van der Waals surface area contributed by atoms with Crippen LogP contribution in [0.2, 0.25) is 0 Å². The molecule has 6 N–H and O–H groups in total. The molecule has 0 aliphatic rings. The van der Waals surface area contributed by atoms with Gasteiger partial charge in [-0.3, -0.25) is 4.98 Å². The van der Waals surface area contributed by atoms with Crippen LogP contribution in [0.4, 0.5) is 5.69 Å². The van der Waals surface area contributed by atoms with Crippen LogP contribution in [0.3, 0.4) is 0 Å². The number of nitrogen functional groups attached to an aromatic ring is 1. The minimum Gasteiger partial charge on any atom is -0.399 e. The summed E-state index contributed by atoms with van der Waals surface area (Å²) in [6, 6.07) is 33.3. The van der Waals surface area contributed by atoms with Crippen molar-refractivity contribution in [1.82, 2.24) is 4.98 Å². The third-order valence-electron chi connectivity index (χ3n) is 6.20. The molecule has 0 unspecified atom stereocenters. The molecule has 5 rings (SSSR count). The molecule has 0 atom stereocenters. The first-order valence-electron chi connectivity index (χ1n) is 11.6. The Morgan fingerprint density at radius 3 is 1.49 bits per heavy atom. The van der Waals surface area contributed by atoms with Gasteiger partial charge in [0, 0.05) is 66.6 Å². The SMILES string of the molecule is NCc1ccc(-c2cc(-c3ccncc3)cc(-c3ccc(CN)cc3)[n+]2-c2ccc(N)cc2)cc1. The van der Waals surface area contributed by atoms with Crippen molar-refractivity contribution >= 4 is 5.69 Å². The molecule has 0 aliphatic carbocycles. The Bertz CT molecular complexity index is 1360. The highest BCUT2D eigenvalue weighted by Crippen LogP contribution is 2.31. The largest absolute Gasteiger partial charge is 0.399 e. The molecule has 0 amide bonds. The first-order chi connectivity index (χ1) is 17.2. The van der Waals surface area contributed by atoms with Crippen molar-refractivity contribution in [3.8, 4) is 39.3 Å². The third kappa shape index (κ3) is 4.68. The molecule has 5 nitrogen and oxygen atoms in total. The van der Waals surface area contributed by atoms with Crippen LogP contribution < -0.4 is 21.8 Å². The first-order valence-corrected chi connectivity index (χ1v) is 11.6. The van der Waals surface area contributed by atoms with Crippen molar-refractivity contribution in [2.75, 3.05) is 5.73 Å². The van der Waals surface area contributed by atoms with E-state index in [1.165, 1.54) is 0 Å². The van der Waals surface area contributed by atoms with Gasteiger partial charge in [-0.15, -0.1) is 0 Å². The van der Waals surface area contributed by atoms with E-state index in [9.17, 15) is 0 Å². The third-order valence-corrected chi connectivity index (χ3v) is 6.20. The highest BCUT2D eigenvalue weighted by Gasteiger charge is 2.25. The quantitative estimate of drug-likeness (QED) is 0.250. The second-order valence-electron chi connectivity index (χ2n) is 8.48. The molecule has 5 heteroatoms. The summed E-state index contributed by atoms with van der Waals surface area (Å²) in [5, 5.41) is 0. The number of pyridine rings is 2. The zero-order valence-corrected chi connectivity index (χ0v) is 19.4. The summed E-state index contributed by atoms with van der Waals surface area (Å²) >= 11 is 0. The van der Waals surface area contributed by atoms with Crippen molar-refractivity contribution in [2.45, 2.75) is 13.1 Å². The Hall–Kier alpha value is -4.32. The van der Waals surface area contributed by atoms with Gasteiger partial charge in [-0.1, -0.05) is 24.3 Å². The van der Waals surface area contributed by atoms with Gasteiger partial charge in [0.25, 0.3) is 0 Å². The van der Waals surface area contributed by atoms with Crippen molar-refractivity contribution in [1.29, 1.82) is 0 Å². The predicted molar refractivity (Wildman–Crippen MR) is 142 cm³/mol. The lowest BCUT2D eigenvalue weighted by atomic mass is 9.98. The van der Waals surface area contributed by atoms with Gasteiger partial charge in [0.2, 0.25) is 17.1 Å². The lowest BCUT2D eigenvalue weighted by Crippen LogP contribution is -2.36. The lowest BCUT2D eigenvalue weighted by molar-refractivity contribution is -0.572. The lowest BCUT2D eigenvalue weighted by Gasteiger charge is -2.13. The van der Waals surface area contributed by atoms with E-state index in [1.54, 1.807) is 0 Å². The second kappa shape index (κ2) is 9.89. The van der Waals surface area contributed by atoms with Crippen LogP contribution in [0, 0.1) is 0 Å². The topological polar surface area (TPSA) is 94.8 Å². The van der Waals surface area contributed by atoms with Gasteiger partial charge in [0.1, 0.15) is 0 Å². The molecule has 5 aromatic rings. The number of rotatable bonds is 6. The van der Waals surface area contributed by atoms with Gasteiger partial charge in [0.05, 0.1) is 0 Å². The van der Waals surface area contributed by atoms with Crippen molar-refractivity contribution in [2.24, 2.45) is 11.5 Å². The molecule has 35 heavy (non-hydrogen) atoms. The van der Waals surface area contributed by atoms with Crippen LogP contribution in [-0.4, -0.2) is 4.98 Å². The smallest absolute Gasteiger partial charge is 0.219 e. The number of nitrogens with zero attached hydrogens (tertiary/aromatic N) is 2. The summed E-state index contributed by atoms with van der Waals surface area (Å²) in [7, 11) is 0. The summed E-state index contributed by atoms with van der Waals surface area (Å²) in [5.41, 5.74) is 28.2. The number of hydrogen-bond donors (Lipinski definition) is 3. The molecule has 0 saturated heterocycles. The zero-order chi connectivity index (χ0) is 24.2. The number of benzene rings is 3. The average Bonchev–Trinajstić information content (AvgIpc) is 2.93. The number of nitrogens with two attached hydrogens (primary N) is 3. The van der Waals surface area contributed by atoms with E-state index in [0.717, 1.165) is 56.1 Å². The van der Waals surface area contributed by atoms with Gasteiger partial charge in [-0.05, 0) is 70.8 Å². The van der Waals surface area contributed by atoms with E-state index in [2.05, 4.69) is 82.3 Å². The summed E-state index contributed by atoms with van der Waals surface area (Å²) in [4.78, 5) is 4.20. The average molecular weight is 459 g/mol. The normalized spacial score (nSPS) is 10.9. The molecule has 0 bridgehead atoms. The molecule has 2 aromatic heterocycles. The number of hydrogen-bond acceptors (Lipinski definition) is 4. The fraction of sp³-hybridized carbons (Fsp3) is 0.0667. The van der Waals surface area contributed by atoms with Gasteiger partial charge >= 0.3 is 0 Å². The Morgan fingerprint density at radius 2 is 1.03 bits per heavy atom. The minimum absolute atomic E-state index is 0.508. The minimum atomic E-state index is 0.508. The molecule has 172 valence electrons. The zero-order valence-electron chi connectivity index (χ0n) is 19.4. The van der Waals surface area contributed by atoms with Crippen LogP contribution in [0.15, 0.2) is 109 Å².